The van der Waals surface area contributed by atoms with E-state index in [9.17, 15) is 4.79 Å². The first-order chi connectivity index (χ1) is 13.1. The van der Waals surface area contributed by atoms with Crippen LogP contribution in [0.25, 0.3) is 0 Å². The van der Waals surface area contributed by atoms with E-state index in [2.05, 4.69) is 29.4 Å². The first-order valence-electron chi connectivity index (χ1n) is 9.64. The van der Waals surface area contributed by atoms with Gasteiger partial charge in [0, 0.05) is 23.4 Å². The zero-order valence-corrected chi connectivity index (χ0v) is 16.4. The molecule has 4 rings (SSSR count). The molecule has 2 atom stereocenters. The molecule has 0 aromatic heterocycles. The Bertz CT molecular complexity index is 869. The van der Waals surface area contributed by atoms with Crippen molar-refractivity contribution < 1.29 is 9.90 Å². The van der Waals surface area contributed by atoms with Crippen LogP contribution in [-0.4, -0.2) is 28.3 Å². The topological polar surface area (TPSA) is 64.3 Å². The number of carbonyl (C=O) groups is 1. The Balaban J connectivity index is 1.69. The van der Waals surface area contributed by atoms with Crippen LogP contribution in [0.1, 0.15) is 44.9 Å². The van der Waals surface area contributed by atoms with Gasteiger partial charge in [0.25, 0.3) is 0 Å². The summed E-state index contributed by atoms with van der Waals surface area (Å²) in [6.45, 7) is 0. The maximum atomic E-state index is 11.2. The van der Waals surface area contributed by atoms with Crippen molar-refractivity contribution in [2.24, 2.45) is 5.92 Å². The quantitative estimate of drug-likeness (QED) is 0.555. The lowest BCUT2D eigenvalue weighted by Gasteiger charge is -2.33. The van der Waals surface area contributed by atoms with Gasteiger partial charge >= 0.3 is 5.97 Å². The molecule has 0 aromatic rings. The van der Waals surface area contributed by atoms with Gasteiger partial charge in [-0.1, -0.05) is 18.6 Å². The van der Waals surface area contributed by atoms with Gasteiger partial charge in [-0.2, -0.15) is 5.26 Å². The van der Waals surface area contributed by atoms with Gasteiger partial charge in [-0.05, 0) is 73.0 Å². The number of nitriles is 1. The molecule has 1 aliphatic heterocycles. The summed E-state index contributed by atoms with van der Waals surface area (Å²) in [5, 5.41) is 18.2. The Kier molecular flexibility index (Phi) is 5.01. The molecule has 4 nitrogen and oxygen atoms in total. The Morgan fingerprint density at radius 3 is 2.81 bits per heavy atom. The Hall–Kier alpha value is -2.19. The van der Waals surface area contributed by atoms with Crippen LogP contribution in [0.2, 0.25) is 0 Å². The van der Waals surface area contributed by atoms with Crippen molar-refractivity contribution in [1.29, 1.82) is 5.26 Å². The maximum absolute atomic E-state index is 11.2. The maximum Gasteiger partial charge on any atom is 0.346 e. The molecule has 0 radical (unpaired) electrons. The molecular weight excluding hydrogens is 356 g/mol. The van der Waals surface area contributed by atoms with Crippen molar-refractivity contribution in [1.82, 2.24) is 4.90 Å². The number of hydrogen-bond donors (Lipinski definition) is 1. The van der Waals surface area contributed by atoms with Gasteiger partial charge in [-0.15, -0.1) is 11.8 Å². The number of aliphatic carboxylic acids is 1. The molecule has 1 N–H and O–H groups in total. The number of thioether (sulfide) groups is 1. The monoisotopic (exact) mass is 380 g/mol. The number of hydrogen-bond acceptors (Lipinski definition) is 4. The molecule has 5 heteroatoms. The second kappa shape index (κ2) is 7.44. The Morgan fingerprint density at radius 1 is 1.30 bits per heavy atom. The molecule has 0 spiro atoms. The van der Waals surface area contributed by atoms with Crippen molar-refractivity contribution >= 4 is 17.7 Å². The van der Waals surface area contributed by atoms with E-state index in [-0.39, 0.29) is 5.57 Å². The first kappa shape index (κ1) is 18.2. The fourth-order valence-electron chi connectivity index (χ4n) is 4.96. The van der Waals surface area contributed by atoms with Crippen molar-refractivity contribution in [3.8, 4) is 6.07 Å². The van der Waals surface area contributed by atoms with Gasteiger partial charge in [0.1, 0.15) is 11.6 Å². The van der Waals surface area contributed by atoms with Gasteiger partial charge in [-0.25, -0.2) is 4.79 Å². The standard InChI is InChI=1S/C22H24N2O2S/c1-27-17-8-6-16(7-9-17)24-20-4-2-3-18(20)19-12-14(5-10-21(19)24)11-15(13-23)22(25)26/h6,8,11-12,18,20H,2-5,7,9-10H2,1H3,(H,25,26)/b15-11-. The summed E-state index contributed by atoms with van der Waals surface area (Å²) >= 11 is 1.84. The van der Waals surface area contributed by atoms with Crippen LogP contribution in [0.5, 0.6) is 0 Å². The highest BCUT2D eigenvalue weighted by molar-refractivity contribution is 8.02. The van der Waals surface area contributed by atoms with Crippen molar-refractivity contribution in [2.75, 3.05) is 6.26 Å². The van der Waals surface area contributed by atoms with E-state index < -0.39 is 5.97 Å². The van der Waals surface area contributed by atoms with Gasteiger partial charge in [0.2, 0.25) is 0 Å². The first-order valence-corrected chi connectivity index (χ1v) is 10.9. The molecular formula is C22H24N2O2S. The third kappa shape index (κ3) is 3.27. The predicted octanol–water partition coefficient (Wildman–Crippen LogP) is 4.90. The van der Waals surface area contributed by atoms with E-state index in [4.69, 9.17) is 10.4 Å². The highest BCUT2D eigenvalue weighted by atomic mass is 32.2. The predicted molar refractivity (Wildman–Crippen MR) is 108 cm³/mol. The van der Waals surface area contributed by atoms with Gasteiger partial charge in [0.05, 0.1) is 0 Å². The molecule has 0 aromatic carbocycles. The van der Waals surface area contributed by atoms with Crippen LogP contribution in [-0.2, 0) is 4.79 Å². The molecule has 3 aliphatic carbocycles. The second-order valence-corrected chi connectivity index (χ2v) is 8.50. The molecule has 2 unspecified atom stereocenters. The summed E-state index contributed by atoms with van der Waals surface area (Å²) in [4.78, 5) is 15.2. The molecule has 0 bridgehead atoms. The SMILES string of the molecule is CSC1=CC=C(N2C3=C(C=C(/C=C(/C#N)C(=O)O)CC3)C3CCCC32)CC1. The van der Waals surface area contributed by atoms with E-state index in [1.807, 2.05) is 11.8 Å². The zero-order chi connectivity index (χ0) is 19.0. The lowest BCUT2D eigenvalue weighted by Crippen LogP contribution is -2.31. The number of allylic oxidation sites excluding steroid dienone is 8. The Morgan fingerprint density at radius 2 is 2.15 bits per heavy atom. The number of rotatable bonds is 4. The van der Waals surface area contributed by atoms with E-state index >= 15 is 0 Å². The minimum Gasteiger partial charge on any atom is -0.477 e. The number of carboxylic acids is 1. The number of fused-ring (bicyclic) bond motifs is 2. The van der Waals surface area contributed by atoms with Gasteiger partial charge < -0.3 is 10.0 Å². The van der Waals surface area contributed by atoms with Crippen LogP contribution >= 0.6 is 11.8 Å². The molecule has 27 heavy (non-hydrogen) atoms. The minimum absolute atomic E-state index is 0.173. The summed E-state index contributed by atoms with van der Waals surface area (Å²) in [6, 6.07) is 2.36. The van der Waals surface area contributed by atoms with Crippen molar-refractivity contribution in [2.45, 2.75) is 51.0 Å². The molecule has 1 fully saturated rings. The average Bonchev–Trinajstić information content (AvgIpc) is 3.26. The summed E-state index contributed by atoms with van der Waals surface area (Å²) in [5.74, 6) is -0.598. The summed E-state index contributed by atoms with van der Waals surface area (Å²) in [7, 11) is 0. The van der Waals surface area contributed by atoms with E-state index in [1.54, 1.807) is 12.1 Å². The molecule has 140 valence electrons. The molecule has 0 amide bonds. The van der Waals surface area contributed by atoms with Crippen molar-refractivity contribution in [3.05, 3.63) is 57.3 Å². The lowest BCUT2D eigenvalue weighted by atomic mass is 9.89. The molecule has 4 aliphatic rings. The highest BCUT2D eigenvalue weighted by Crippen LogP contribution is 2.51. The van der Waals surface area contributed by atoms with Crippen LogP contribution in [0, 0.1) is 17.2 Å². The highest BCUT2D eigenvalue weighted by Gasteiger charge is 2.44. The summed E-state index contributed by atoms with van der Waals surface area (Å²) in [6.07, 6.45) is 18.1. The molecule has 1 saturated carbocycles. The molecule has 1 heterocycles. The van der Waals surface area contributed by atoms with E-state index in [1.165, 1.54) is 41.1 Å². The lowest BCUT2D eigenvalue weighted by molar-refractivity contribution is -0.132. The molecule has 0 saturated heterocycles. The fourth-order valence-corrected chi connectivity index (χ4v) is 5.47. The summed E-state index contributed by atoms with van der Waals surface area (Å²) < 4.78 is 0. The van der Waals surface area contributed by atoms with Gasteiger partial charge in [-0.3, -0.25) is 0 Å². The fraction of sp³-hybridized carbons (Fsp3) is 0.455. The van der Waals surface area contributed by atoms with Gasteiger partial charge in [0.15, 0.2) is 0 Å². The minimum atomic E-state index is -1.14. The van der Waals surface area contributed by atoms with E-state index in [0.29, 0.717) is 12.0 Å². The third-order valence-electron chi connectivity index (χ3n) is 6.17. The number of carboxylic acid groups (broad SMARTS) is 1. The van der Waals surface area contributed by atoms with Crippen LogP contribution in [0.4, 0.5) is 0 Å². The van der Waals surface area contributed by atoms with Crippen molar-refractivity contribution in [3.63, 3.8) is 0 Å². The van der Waals surface area contributed by atoms with Crippen LogP contribution in [0.15, 0.2) is 57.3 Å². The Labute approximate surface area is 164 Å². The largest absolute Gasteiger partial charge is 0.477 e. The number of nitrogens with zero attached hydrogens (tertiary/aromatic N) is 2. The third-order valence-corrected chi connectivity index (χ3v) is 7.03. The van der Waals surface area contributed by atoms with E-state index in [0.717, 1.165) is 31.3 Å². The smallest absolute Gasteiger partial charge is 0.346 e. The zero-order valence-electron chi connectivity index (χ0n) is 15.6. The van der Waals surface area contributed by atoms with Crippen LogP contribution in [0.3, 0.4) is 0 Å². The summed E-state index contributed by atoms with van der Waals surface area (Å²) in [5.41, 5.74) is 5.06. The normalized spacial score (nSPS) is 27.5. The second-order valence-electron chi connectivity index (χ2n) is 7.57. The van der Waals surface area contributed by atoms with Crippen LogP contribution < -0.4 is 0 Å². The average molecular weight is 381 g/mol.